The number of nitrogens with zero attached hydrogens (tertiary/aromatic N) is 1. The van der Waals surface area contributed by atoms with Crippen molar-refractivity contribution in [3.05, 3.63) is 64.2 Å². The topological polar surface area (TPSA) is 75.7 Å². The fourth-order valence-electron chi connectivity index (χ4n) is 3.18. The summed E-state index contributed by atoms with van der Waals surface area (Å²) in [7, 11) is 0. The molecule has 152 valence electrons. The van der Waals surface area contributed by atoms with Crippen LogP contribution in [0.4, 0.5) is 5.69 Å². The first-order valence-corrected chi connectivity index (χ1v) is 9.76. The SMILES string of the molecule is Cc1ccc(CN2C[C@@H](C(=O)OCC(=O)Nc3cccc(Cl)c3C)CC2=O)cc1. The first-order chi connectivity index (χ1) is 13.8. The van der Waals surface area contributed by atoms with Gasteiger partial charge in [0.15, 0.2) is 6.61 Å². The number of aryl methyl sites for hydroxylation is 1. The summed E-state index contributed by atoms with van der Waals surface area (Å²) in [6.45, 7) is 4.13. The largest absolute Gasteiger partial charge is 0.455 e. The van der Waals surface area contributed by atoms with Crippen LogP contribution < -0.4 is 5.32 Å². The van der Waals surface area contributed by atoms with Crippen molar-refractivity contribution in [2.45, 2.75) is 26.8 Å². The highest BCUT2D eigenvalue weighted by atomic mass is 35.5. The van der Waals surface area contributed by atoms with E-state index in [9.17, 15) is 14.4 Å². The molecule has 3 rings (SSSR count). The summed E-state index contributed by atoms with van der Waals surface area (Å²) in [5.41, 5.74) is 3.46. The average molecular weight is 415 g/mol. The van der Waals surface area contributed by atoms with Gasteiger partial charge in [0.05, 0.1) is 5.92 Å². The molecule has 1 fully saturated rings. The highest BCUT2D eigenvalue weighted by molar-refractivity contribution is 6.31. The summed E-state index contributed by atoms with van der Waals surface area (Å²) in [5, 5.41) is 3.21. The molecule has 2 amide bonds. The van der Waals surface area contributed by atoms with Crippen LogP contribution in [0.3, 0.4) is 0 Å². The van der Waals surface area contributed by atoms with E-state index in [1.807, 2.05) is 31.2 Å². The lowest BCUT2D eigenvalue weighted by Gasteiger charge is -2.16. The van der Waals surface area contributed by atoms with E-state index in [2.05, 4.69) is 5.32 Å². The van der Waals surface area contributed by atoms with Gasteiger partial charge in [0, 0.05) is 30.2 Å². The Morgan fingerprint density at radius 2 is 1.90 bits per heavy atom. The van der Waals surface area contributed by atoms with E-state index in [1.54, 1.807) is 30.0 Å². The number of nitrogens with one attached hydrogen (secondary N) is 1. The number of rotatable bonds is 6. The molecule has 1 atom stereocenters. The summed E-state index contributed by atoms with van der Waals surface area (Å²) in [5.74, 6) is -1.65. The Balaban J connectivity index is 1.49. The number of carbonyl (C=O) groups is 3. The highest BCUT2D eigenvalue weighted by Gasteiger charge is 2.35. The third-order valence-corrected chi connectivity index (χ3v) is 5.34. The Morgan fingerprint density at radius 1 is 1.17 bits per heavy atom. The molecule has 6 nitrogen and oxygen atoms in total. The van der Waals surface area contributed by atoms with Gasteiger partial charge in [-0.05, 0) is 37.1 Å². The van der Waals surface area contributed by atoms with E-state index in [0.29, 0.717) is 23.8 Å². The van der Waals surface area contributed by atoms with Crippen LogP contribution in [0.1, 0.15) is 23.1 Å². The molecule has 0 bridgehead atoms. The van der Waals surface area contributed by atoms with Crippen molar-refractivity contribution in [3.63, 3.8) is 0 Å². The lowest BCUT2D eigenvalue weighted by atomic mass is 10.1. The van der Waals surface area contributed by atoms with Crippen LogP contribution in [0.15, 0.2) is 42.5 Å². The molecular formula is C22H23ClN2O4. The van der Waals surface area contributed by atoms with Gasteiger partial charge in [0.1, 0.15) is 0 Å². The molecule has 0 saturated carbocycles. The number of esters is 1. The van der Waals surface area contributed by atoms with Gasteiger partial charge in [-0.25, -0.2) is 0 Å². The Bertz CT molecular complexity index is 927. The summed E-state index contributed by atoms with van der Waals surface area (Å²) >= 11 is 6.03. The number of hydrogen-bond donors (Lipinski definition) is 1. The minimum absolute atomic E-state index is 0.0912. The number of anilines is 1. The molecule has 0 aliphatic carbocycles. The van der Waals surface area contributed by atoms with E-state index < -0.39 is 24.4 Å². The van der Waals surface area contributed by atoms with Crippen LogP contribution >= 0.6 is 11.6 Å². The first-order valence-electron chi connectivity index (χ1n) is 9.38. The number of ether oxygens (including phenoxy) is 1. The van der Waals surface area contributed by atoms with Gasteiger partial charge in [-0.3, -0.25) is 14.4 Å². The molecule has 2 aromatic rings. The summed E-state index contributed by atoms with van der Waals surface area (Å²) < 4.78 is 5.13. The van der Waals surface area contributed by atoms with Crippen molar-refractivity contribution in [1.82, 2.24) is 4.90 Å². The number of carbonyl (C=O) groups excluding carboxylic acids is 3. The molecule has 1 aliphatic heterocycles. The van der Waals surface area contributed by atoms with Crippen molar-refractivity contribution in [3.8, 4) is 0 Å². The lowest BCUT2D eigenvalue weighted by Crippen LogP contribution is -2.28. The number of hydrogen-bond acceptors (Lipinski definition) is 4. The van der Waals surface area contributed by atoms with Crippen molar-refractivity contribution in [1.29, 1.82) is 0 Å². The zero-order valence-electron chi connectivity index (χ0n) is 16.4. The Hall–Kier alpha value is -2.86. The van der Waals surface area contributed by atoms with Gasteiger partial charge in [-0.1, -0.05) is 47.5 Å². The average Bonchev–Trinajstić information content (AvgIpc) is 3.06. The maximum absolute atomic E-state index is 12.3. The second-order valence-corrected chi connectivity index (χ2v) is 7.64. The van der Waals surface area contributed by atoms with E-state index in [1.165, 1.54) is 0 Å². The molecule has 1 N–H and O–H groups in total. The van der Waals surface area contributed by atoms with Gasteiger partial charge >= 0.3 is 5.97 Å². The fourth-order valence-corrected chi connectivity index (χ4v) is 3.35. The van der Waals surface area contributed by atoms with Gasteiger partial charge in [-0.15, -0.1) is 0 Å². The van der Waals surface area contributed by atoms with Crippen molar-refractivity contribution < 1.29 is 19.1 Å². The third-order valence-electron chi connectivity index (χ3n) is 4.93. The molecule has 1 heterocycles. The van der Waals surface area contributed by atoms with Crippen LogP contribution in [0.25, 0.3) is 0 Å². The van der Waals surface area contributed by atoms with E-state index >= 15 is 0 Å². The Labute approximate surface area is 174 Å². The van der Waals surface area contributed by atoms with Crippen LogP contribution in [-0.2, 0) is 25.7 Å². The molecule has 0 aromatic heterocycles. The molecule has 0 radical (unpaired) electrons. The predicted molar refractivity (Wildman–Crippen MR) is 110 cm³/mol. The second kappa shape index (κ2) is 9.09. The fraction of sp³-hybridized carbons (Fsp3) is 0.318. The van der Waals surface area contributed by atoms with Crippen molar-refractivity contribution in [2.24, 2.45) is 5.92 Å². The maximum Gasteiger partial charge on any atom is 0.311 e. The standard InChI is InChI=1S/C22H23ClN2O4/c1-14-6-8-16(9-7-14)11-25-12-17(10-21(25)27)22(28)29-13-20(26)24-19-5-3-4-18(23)15(19)2/h3-9,17H,10-13H2,1-2H3,(H,24,26)/t17-/m0/s1. The molecule has 0 unspecified atom stereocenters. The number of likely N-dealkylation sites (tertiary alicyclic amines) is 1. The summed E-state index contributed by atoms with van der Waals surface area (Å²) in [4.78, 5) is 38.3. The van der Waals surface area contributed by atoms with Gasteiger partial charge in [0.2, 0.25) is 5.91 Å². The molecule has 1 aliphatic rings. The van der Waals surface area contributed by atoms with E-state index in [-0.39, 0.29) is 12.3 Å². The van der Waals surface area contributed by atoms with Gasteiger partial charge < -0.3 is 15.0 Å². The minimum Gasteiger partial charge on any atom is -0.455 e. The minimum atomic E-state index is -0.561. The van der Waals surface area contributed by atoms with Gasteiger partial charge in [-0.2, -0.15) is 0 Å². The normalized spacial score (nSPS) is 16.0. The van der Waals surface area contributed by atoms with Gasteiger partial charge in [0.25, 0.3) is 5.91 Å². The van der Waals surface area contributed by atoms with Crippen molar-refractivity contribution >= 4 is 35.1 Å². The lowest BCUT2D eigenvalue weighted by molar-refractivity contribution is -0.151. The van der Waals surface area contributed by atoms with Crippen LogP contribution in [0.2, 0.25) is 5.02 Å². The molecule has 29 heavy (non-hydrogen) atoms. The first kappa shape index (κ1) is 20.9. The predicted octanol–water partition coefficient (Wildman–Crippen LogP) is 3.49. The van der Waals surface area contributed by atoms with Crippen LogP contribution in [0.5, 0.6) is 0 Å². The number of benzene rings is 2. The zero-order valence-corrected chi connectivity index (χ0v) is 17.2. The second-order valence-electron chi connectivity index (χ2n) is 7.23. The molecule has 7 heteroatoms. The molecule has 1 saturated heterocycles. The molecule has 2 aromatic carbocycles. The monoisotopic (exact) mass is 414 g/mol. The van der Waals surface area contributed by atoms with Crippen LogP contribution in [-0.4, -0.2) is 35.8 Å². The Kier molecular flexibility index (Phi) is 6.54. The van der Waals surface area contributed by atoms with E-state index in [4.69, 9.17) is 16.3 Å². The summed E-state index contributed by atoms with van der Waals surface area (Å²) in [6, 6.07) is 13.1. The Morgan fingerprint density at radius 3 is 2.62 bits per heavy atom. The molecule has 0 spiro atoms. The smallest absolute Gasteiger partial charge is 0.311 e. The number of halogens is 1. The quantitative estimate of drug-likeness (QED) is 0.734. The van der Waals surface area contributed by atoms with Crippen molar-refractivity contribution in [2.75, 3.05) is 18.5 Å². The highest BCUT2D eigenvalue weighted by Crippen LogP contribution is 2.23. The van der Waals surface area contributed by atoms with Crippen LogP contribution in [0, 0.1) is 19.8 Å². The third kappa shape index (κ3) is 5.35. The number of amides is 2. The molecular weight excluding hydrogens is 392 g/mol. The zero-order chi connectivity index (χ0) is 21.0. The van der Waals surface area contributed by atoms with E-state index in [0.717, 1.165) is 16.7 Å². The summed E-state index contributed by atoms with van der Waals surface area (Å²) in [6.07, 6.45) is 0.0969. The maximum atomic E-state index is 12.3.